The van der Waals surface area contributed by atoms with E-state index in [0.29, 0.717) is 33.0 Å². The molecule has 3 heterocycles. The van der Waals surface area contributed by atoms with E-state index in [0.717, 1.165) is 45.4 Å². The minimum Gasteiger partial charge on any atom is -0.492 e. The van der Waals surface area contributed by atoms with Gasteiger partial charge in [-0.05, 0) is 61.3 Å². The van der Waals surface area contributed by atoms with Gasteiger partial charge in [0, 0.05) is 29.9 Å². The van der Waals surface area contributed by atoms with Crippen molar-refractivity contribution in [1.29, 1.82) is 0 Å². The van der Waals surface area contributed by atoms with Crippen molar-refractivity contribution in [2.75, 3.05) is 46.1 Å². The Bertz CT molecular complexity index is 1190. The predicted molar refractivity (Wildman–Crippen MR) is 133 cm³/mol. The molecule has 1 radical (unpaired) electrons. The number of allylic oxidation sites excluding steroid dienone is 2. The van der Waals surface area contributed by atoms with E-state index in [1.165, 1.54) is 25.9 Å². The Morgan fingerprint density at radius 3 is 2.76 bits per heavy atom. The second-order valence-electron chi connectivity index (χ2n) is 8.74. The molecule has 0 spiro atoms. The summed E-state index contributed by atoms with van der Waals surface area (Å²) in [7, 11) is 0. The number of benzene rings is 1. The molecule has 1 N–H and O–H groups in total. The van der Waals surface area contributed by atoms with Crippen LogP contribution in [0.15, 0.2) is 71.4 Å². The van der Waals surface area contributed by atoms with Crippen molar-refractivity contribution in [3.05, 3.63) is 89.1 Å². The molecule has 1 aliphatic carbocycles. The Morgan fingerprint density at radius 2 is 1.88 bits per heavy atom. The van der Waals surface area contributed by atoms with Gasteiger partial charge in [-0.15, -0.1) is 0 Å². The van der Waals surface area contributed by atoms with Gasteiger partial charge in [0.15, 0.2) is 0 Å². The van der Waals surface area contributed by atoms with Gasteiger partial charge in [0.25, 0.3) is 0 Å². The Kier molecular flexibility index (Phi) is 7.71. The molecule has 0 atom stereocenters. The highest BCUT2D eigenvalue weighted by Gasteiger charge is 2.12. The van der Waals surface area contributed by atoms with Crippen LogP contribution < -0.4 is 15.4 Å². The fourth-order valence-corrected chi connectivity index (χ4v) is 4.44. The van der Waals surface area contributed by atoms with Crippen LogP contribution in [-0.2, 0) is 16.1 Å². The highest BCUT2D eigenvalue weighted by atomic mass is 16.5. The van der Waals surface area contributed by atoms with Crippen LogP contribution in [0.2, 0.25) is 0 Å². The highest BCUT2D eigenvalue weighted by molar-refractivity contribution is 5.70. The normalized spacial score (nSPS) is 21.8. The third-order valence-electron chi connectivity index (χ3n) is 6.23. The van der Waals surface area contributed by atoms with Gasteiger partial charge >= 0.3 is 0 Å². The van der Waals surface area contributed by atoms with Crippen LogP contribution >= 0.6 is 0 Å². The van der Waals surface area contributed by atoms with Crippen LogP contribution in [0.1, 0.15) is 18.4 Å². The fourth-order valence-electron chi connectivity index (χ4n) is 4.44. The molecule has 6 nitrogen and oxygen atoms in total. The van der Waals surface area contributed by atoms with Crippen LogP contribution in [0, 0.1) is 6.42 Å². The molecule has 0 amide bonds. The number of likely N-dealkylation sites (tertiary alicyclic amines) is 1. The van der Waals surface area contributed by atoms with Crippen molar-refractivity contribution in [3.63, 3.8) is 0 Å². The largest absolute Gasteiger partial charge is 0.492 e. The lowest BCUT2D eigenvalue weighted by molar-refractivity contribution is 0.142. The van der Waals surface area contributed by atoms with E-state index < -0.39 is 0 Å². The number of hydrogen-bond donors (Lipinski definition) is 1. The molecule has 4 bridgehead atoms. The van der Waals surface area contributed by atoms with E-state index in [1.807, 2.05) is 30.5 Å². The maximum atomic E-state index is 6.18. The van der Waals surface area contributed by atoms with Gasteiger partial charge in [-0.1, -0.05) is 30.4 Å². The van der Waals surface area contributed by atoms with Crippen molar-refractivity contribution in [3.8, 4) is 5.75 Å². The van der Waals surface area contributed by atoms with Gasteiger partial charge in [-0.3, -0.25) is 4.90 Å². The molecule has 34 heavy (non-hydrogen) atoms. The molecule has 1 saturated heterocycles. The van der Waals surface area contributed by atoms with E-state index in [4.69, 9.17) is 19.2 Å². The average Bonchev–Trinajstić information content (AvgIpc) is 3.54. The molecule has 1 aromatic heterocycles. The molecule has 177 valence electrons. The highest BCUT2D eigenvalue weighted by Crippen LogP contribution is 2.25. The van der Waals surface area contributed by atoms with E-state index in [9.17, 15) is 0 Å². The molecule has 6 heteroatoms. The Hall–Kier alpha value is -2.93. The molecule has 3 aliphatic rings. The average molecular weight is 459 g/mol. The summed E-state index contributed by atoms with van der Waals surface area (Å²) in [5.74, 6) is 0.864. The lowest BCUT2D eigenvalue weighted by atomic mass is 10.0. The summed E-state index contributed by atoms with van der Waals surface area (Å²) in [5.41, 5.74) is 4.96. The molecule has 2 aromatic rings. The summed E-state index contributed by atoms with van der Waals surface area (Å²) in [6, 6.07) is 8.16. The minimum atomic E-state index is 0.464. The summed E-state index contributed by atoms with van der Waals surface area (Å²) in [6.45, 7) is 6.09. The van der Waals surface area contributed by atoms with E-state index >= 15 is 0 Å². The van der Waals surface area contributed by atoms with Crippen molar-refractivity contribution in [2.45, 2.75) is 19.4 Å². The minimum absolute atomic E-state index is 0.464. The van der Waals surface area contributed by atoms with E-state index in [-0.39, 0.29) is 0 Å². The number of aromatic nitrogens is 1. The predicted octanol–water partition coefficient (Wildman–Crippen LogP) is 3.39. The summed E-state index contributed by atoms with van der Waals surface area (Å²) in [5, 5.41) is 1.06. The molecule has 2 aliphatic heterocycles. The lowest BCUT2D eigenvalue weighted by Gasteiger charge is -2.17. The Balaban J connectivity index is 1.45. The van der Waals surface area contributed by atoms with Gasteiger partial charge in [0.2, 0.25) is 0 Å². The first kappa shape index (κ1) is 22.8. The second kappa shape index (κ2) is 11.5. The number of rotatable bonds is 4. The first-order chi connectivity index (χ1) is 16.8. The fraction of sp³-hybridized carbons (Fsp3) is 0.357. The molecular weight excluding hydrogens is 426 g/mol. The van der Waals surface area contributed by atoms with Crippen molar-refractivity contribution in [2.24, 2.45) is 4.99 Å². The van der Waals surface area contributed by atoms with Crippen LogP contribution in [-0.4, -0.2) is 55.9 Å². The first-order valence-corrected chi connectivity index (χ1v) is 12.1. The number of fused-ring (bicyclic) bond motifs is 4. The number of aromatic amines is 1. The van der Waals surface area contributed by atoms with Crippen LogP contribution in [0.4, 0.5) is 5.69 Å². The summed E-state index contributed by atoms with van der Waals surface area (Å²) >= 11 is 0. The van der Waals surface area contributed by atoms with Crippen LogP contribution in [0.3, 0.4) is 0 Å². The van der Waals surface area contributed by atoms with Gasteiger partial charge in [0.05, 0.1) is 32.1 Å². The summed E-state index contributed by atoms with van der Waals surface area (Å²) in [6.07, 6.45) is 16.9. The quantitative estimate of drug-likeness (QED) is 0.714. The first-order valence-electron chi connectivity index (χ1n) is 12.1. The van der Waals surface area contributed by atoms with Gasteiger partial charge in [0.1, 0.15) is 17.8 Å². The third-order valence-corrected chi connectivity index (χ3v) is 6.23. The molecule has 1 fully saturated rings. The number of H-pyrrole nitrogens is 1. The zero-order valence-electron chi connectivity index (χ0n) is 19.5. The molecule has 0 unspecified atom stereocenters. The van der Waals surface area contributed by atoms with Crippen LogP contribution in [0.25, 0.3) is 5.57 Å². The second-order valence-corrected chi connectivity index (χ2v) is 8.74. The Morgan fingerprint density at radius 1 is 1.03 bits per heavy atom. The number of ether oxygens (including phenoxy) is 3. The number of nitrogens with one attached hydrogen (secondary N) is 1. The Labute approximate surface area is 200 Å². The molecular formula is C28H32N3O3. The van der Waals surface area contributed by atoms with Crippen molar-refractivity contribution >= 4 is 11.3 Å². The summed E-state index contributed by atoms with van der Waals surface area (Å²) in [4.78, 5) is 10.7. The zero-order chi connectivity index (χ0) is 23.0. The smallest absolute Gasteiger partial charge is 0.138 e. The SMILES string of the molecule is [CH]1C=CC2=C/C1=c1/cc[nH]c1=Nc1ccc(OCCN3CCCC3)c(c1)COC/C=C\COC2. The van der Waals surface area contributed by atoms with Gasteiger partial charge in [-0.25, -0.2) is 4.99 Å². The van der Waals surface area contributed by atoms with Crippen molar-refractivity contribution < 1.29 is 14.2 Å². The lowest BCUT2D eigenvalue weighted by Crippen LogP contribution is -2.25. The maximum Gasteiger partial charge on any atom is 0.138 e. The van der Waals surface area contributed by atoms with Crippen molar-refractivity contribution in [1.82, 2.24) is 9.88 Å². The number of nitrogens with zero attached hydrogens (tertiary/aromatic N) is 2. The third kappa shape index (κ3) is 5.95. The zero-order valence-corrected chi connectivity index (χ0v) is 19.5. The maximum absolute atomic E-state index is 6.18. The van der Waals surface area contributed by atoms with Gasteiger partial charge < -0.3 is 19.2 Å². The molecule has 1 aromatic carbocycles. The van der Waals surface area contributed by atoms with Crippen LogP contribution in [0.5, 0.6) is 5.75 Å². The molecule has 0 saturated carbocycles. The number of hydrogen-bond acceptors (Lipinski definition) is 5. The topological polar surface area (TPSA) is 59.1 Å². The monoisotopic (exact) mass is 458 g/mol. The van der Waals surface area contributed by atoms with Gasteiger partial charge in [-0.2, -0.15) is 0 Å². The van der Waals surface area contributed by atoms with E-state index in [1.54, 1.807) is 0 Å². The molecule has 5 rings (SSSR count). The standard InChI is InChI=1S/C28H32N3O3/c1-2-13-31(12-1)14-17-34-27-9-8-25-19-24(27)21-33-16-4-3-15-32-20-22-6-5-7-23(18-22)26-10-11-29-28(26)30-25/h3-11,18-19H,1-2,12-17,20-21H2,(H,29,30)/b4-3-,26-23-. The summed E-state index contributed by atoms with van der Waals surface area (Å²) < 4.78 is 17.9. The van der Waals surface area contributed by atoms with E-state index in [2.05, 4.69) is 46.7 Å².